The van der Waals surface area contributed by atoms with Crippen molar-refractivity contribution in [1.29, 1.82) is 0 Å². The van der Waals surface area contributed by atoms with Crippen molar-refractivity contribution in [2.75, 3.05) is 6.54 Å². The first kappa shape index (κ1) is 16.7. The zero-order valence-electron chi connectivity index (χ0n) is 15.7. The zero-order valence-corrected chi connectivity index (χ0v) is 15.7. The standard InChI is InChI=1S/C23H20N4O/c1-26-22(16-7-3-2-4-8-16)19-12-14-27(15-21(19)25-26)23(28)18-11-13-24-20-10-6-5-9-17(18)20/h2-11,13H,12,14-15H2,1H3. The van der Waals surface area contributed by atoms with Crippen LogP contribution in [0.3, 0.4) is 0 Å². The molecule has 5 nitrogen and oxygen atoms in total. The van der Waals surface area contributed by atoms with Gasteiger partial charge < -0.3 is 4.90 Å². The summed E-state index contributed by atoms with van der Waals surface area (Å²) in [5.41, 5.74) is 6.09. The number of aromatic nitrogens is 3. The molecule has 1 aliphatic heterocycles. The Morgan fingerprint density at radius 2 is 1.79 bits per heavy atom. The largest absolute Gasteiger partial charge is 0.332 e. The van der Waals surface area contributed by atoms with Gasteiger partial charge in [0.15, 0.2) is 0 Å². The van der Waals surface area contributed by atoms with E-state index in [4.69, 9.17) is 5.10 Å². The van der Waals surface area contributed by atoms with Crippen LogP contribution in [0.15, 0.2) is 66.9 Å². The van der Waals surface area contributed by atoms with Crippen LogP contribution in [0.1, 0.15) is 21.6 Å². The number of pyridine rings is 1. The molecule has 138 valence electrons. The molecule has 5 heteroatoms. The maximum atomic E-state index is 13.2. The van der Waals surface area contributed by atoms with Gasteiger partial charge in [0.25, 0.3) is 5.91 Å². The van der Waals surface area contributed by atoms with E-state index in [2.05, 4.69) is 17.1 Å². The molecule has 1 amide bonds. The number of hydrogen-bond acceptors (Lipinski definition) is 3. The molecule has 2 aromatic heterocycles. The molecule has 0 spiro atoms. The van der Waals surface area contributed by atoms with Crippen LogP contribution in [0, 0.1) is 0 Å². The van der Waals surface area contributed by atoms with Crippen LogP contribution in [-0.2, 0) is 20.0 Å². The Morgan fingerprint density at radius 1 is 1.00 bits per heavy atom. The lowest BCUT2D eigenvalue weighted by Crippen LogP contribution is -2.36. The van der Waals surface area contributed by atoms with E-state index >= 15 is 0 Å². The minimum atomic E-state index is 0.0381. The summed E-state index contributed by atoms with van der Waals surface area (Å²) in [6.45, 7) is 1.22. The van der Waals surface area contributed by atoms with E-state index in [1.54, 1.807) is 6.20 Å². The lowest BCUT2D eigenvalue weighted by molar-refractivity contribution is 0.0734. The molecule has 0 saturated carbocycles. The van der Waals surface area contributed by atoms with Crippen molar-refractivity contribution >= 4 is 16.8 Å². The second-order valence-corrected chi connectivity index (χ2v) is 7.12. The van der Waals surface area contributed by atoms with Crippen molar-refractivity contribution in [3.8, 4) is 11.3 Å². The third-order valence-corrected chi connectivity index (χ3v) is 5.41. The topological polar surface area (TPSA) is 51.0 Å². The molecular weight excluding hydrogens is 348 g/mol. The molecule has 0 atom stereocenters. The Labute approximate surface area is 163 Å². The number of hydrogen-bond donors (Lipinski definition) is 0. The van der Waals surface area contributed by atoms with Crippen molar-refractivity contribution in [3.05, 3.63) is 83.7 Å². The summed E-state index contributed by atoms with van der Waals surface area (Å²) < 4.78 is 1.94. The van der Waals surface area contributed by atoms with Gasteiger partial charge in [-0.25, -0.2) is 0 Å². The van der Waals surface area contributed by atoms with Crippen LogP contribution < -0.4 is 0 Å². The predicted molar refractivity (Wildman–Crippen MR) is 109 cm³/mol. The predicted octanol–water partition coefficient (Wildman–Crippen LogP) is 3.83. The molecule has 0 aliphatic carbocycles. The zero-order chi connectivity index (χ0) is 19.1. The lowest BCUT2D eigenvalue weighted by Gasteiger charge is -2.27. The SMILES string of the molecule is Cn1nc2c(c1-c1ccccc1)CCN(C(=O)c1ccnc3ccccc13)C2. The van der Waals surface area contributed by atoms with Crippen LogP contribution in [0.25, 0.3) is 22.2 Å². The highest BCUT2D eigenvalue weighted by Gasteiger charge is 2.28. The monoisotopic (exact) mass is 368 g/mol. The van der Waals surface area contributed by atoms with E-state index in [0.717, 1.165) is 28.7 Å². The molecule has 0 bridgehead atoms. The number of rotatable bonds is 2. The second kappa shape index (κ2) is 6.60. The Balaban J connectivity index is 1.49. The van der Waals surface area contributed by atoms with E-state index in [-0.39, 0.29) is 5.91 Å². The van der Waals surface area contributed by atoms with Crippen LogP contribution in [-0.4, -0.2) is 32.1 Å². The molecule has 28 heavy (non-hydrogen) atoms. The molecule has 0 N–H and O–H groups in total. The average molecular weight is 368 g/mol. The van der Waals surface area contributed by atoms with Crippen LogP contribution >= 0.6 is 0 Å². The average Bonchev–Trinajstić information content (AvgIpc) is 3.08. The Bertz CT molecular complexity index is 1170. The third-order valence-electron chi connectivity index (χ3n) is 5.41. The Kier molecular flexibility index (Phi) is 3.93. The summed E-state index contributed by atoms with van der Waals surface area (Å²) in [6.07, 6.45) is 2.52. The minimum Gasteiger partial charge on any atom is -0.332 e. The van der Waals surface area contributed by atoms with Gasteiger partial charge in [-0.3, -0.25) is 14.5 Å². The number of fused-ring (bicyclic) bond motifs is 2. The fourth-order valence-electron chi connectivity index (χ4n) is 4.10. The van der Waals surface area contributed by atoms with Gasteiger partial charge in [0.1, 0.15) is 0 Å². The van der Waals surface area contributed by atoms with Gasteiger partial charge in [-0.05, 0) is 18.6 Å². The molecule has 3 heterocycles. The summed E-state index contributed by atoms with van der Waals surface area (Å²) in [5.74, 6) is 0.0381. The molecular formula is C23H20N4O. The summed E-state index contributed by atoms with van der Waals surface area (Å²) in [5, 5.41) is 5.62. The Hall–Kier alpha value is -3.47. The van der Waals surface area contributed by atoms with E-state index < -0.39 is 0 Å². The number of carbonyl (C=O) groups is 1. The number of carbonyl (C=O) groups excluding carboxylic acids is 1. The van der Waals surface area contributed by atoms with Crippen LogP contribution in [0.4, 0.5) is 0 Å². The summed E-state index contributed by atoms with van der Waals surface area (Å²) in [6, 6.07) is 19.9. The smallest absolute Gasteiger partial charge is 0.254 e. The molecule has 2 aromatic carbocycles. The first-order valence-corrected chi connectivity index (χ1v) is 9.45. The maximum Gasteiger partial charge on any atom is 0.254 e. The van der Waals surface area contributed by atoms with Gasteiger partial charge in [0.05, 0.1) is 29.0 Å². The molecule has 5 rings (SSSR count). The molecule has 0 unspecified atom stereocenters. The molecule has 4 aromatic rings. The number of benzene rings is 2. The van der Waals surface area contributed by atoms with Gasteiger partial charge in [0.2, 0.25) is 0 Å². The van der Waals surface area contributed by atoms with Crippen molar-refractivity contribution < 1.29 is 4.79 Å². The first-order valence-electron chi connectivity index (χ1n) is 9.45. The Morgan fingerprint density at radius 3 is 2.64 bits per heavy atom. The maximum absolute atomic E-state index is 13.2. The highest BCUT2D eigenvalue weighted by Crippen LogP contribution is 2.30. The van der Waals surface area contributed by atoms with Crippen LogP contribution in [0.5, 0.6) is 0 Å². The summed E-state index contributed by atoms with van der Waals surface area (Å²) in [4.78, 5) is 19.5. The van der Waals surface area contributed by atoms with E-state index in [1.807, 2.05) is 65.2 Å². The first-order chi connectivity index (χ1) is 13.7. The van der Waals surface area contributed by atoms with Crippen LogP contribution in [0.2, 0.25) is 0 Å². The molecule has 1 aliphatic rings. The number of amides is 1. The van der Waals surface area contributed by atoms with Crippen molar-refractivity contribution in [1.82, 2.24) is 19.7 Å². The summed E-state index contributed by atoms with van der Waals surface area (Å²) in [7, 11) is 1.98. The van der Waals surface area contributed by atoms with Crippen molar-refractivity contribution in [2.45, 2.75) is 13.0 Å². The number of para-hydroxylation sites is 1. The van der Waals surface area contributed by atoms with Crippen molar-refractivity contribution in [2.24, 2.45) is 7.05 Å². The van der Waals surface area contributed by atoms with Gasteiger partial charge in [-0.2, -0.15) is 5.10 Å². The third kappa shape index (κ3) is 2.67. The molecule has 0 fully saturated rings. The molecule has 0 radical (unpaired) electrons. The fourth-order valence-corrected chi connectivity index (χ4v) is 4.10. The van der Waals surface area contributed by atoms with Crippen molar-refractivity contribution in [3.63, 3.8) is 0 Å². The second-order valence-electron chi connectivity index (χ2n) is 7.12. The minimum absolute atomic E-state index is 0.0381. The normalized spacial score (nSPS) is 13.5. The molecule has 0 saturated heterocycles. The van der Waals surface area contributed by atoms with Gasteiger partial charge in [-0.1, -0.05) is 48.5 Å². The summed E-state index contributed by atoms with van der Waals surface area (Å²) >= 11 is 0. The highest BCUT2D eigenvalue weighted by atomic mass is 16.2. The van der Waals surface area contributed by atoms with E-state index in [9.17, 15) is 4.79 Å². The highest BCUT2D eigenvalue weighted by molar-refractivity contribution is 6.06. The van der Waals surface area contributed by atoms with Gasteiger partial charge in [-0.15, -0.1) is 0 Å². The number of nitrogens with zero attached hydrogens (tertiary/aromatic N) is 4. The fraction of sp³-hybridized carbons (Fsp3) is 0.174. The lowest BCUT2D eigenvalue weighted by atomic mass is 9.99. The van der Waals surface area contributed by atoms with E-state index in [0.29, 0.717) is 18.7 Å². The van der Waals surface area contributed by atoms with Gasteiger partial charge >= 0.3 is 0 Å². The number of aryl methyl sites for hydroxylation is 1. The quantitative estimate of drug-likeness (QED) is 0.540. The van der Waals surface area contributed by atoms with E-state index in [1.165, 1.54) is 11.1 Å². The van der Waals surface area contributed by atoms with Gasteiger partial charge in [0, 0.05) is 36.3 Å².